The van der Waals surface area contributed by atoms with E-state index < -0.39 is 5.91 Å². The third kappa shape index (κ3) is 6.25. The van der Waals surface area contributed by atoms with Gasteiger partial charge < -0.3 is 27.7 Å². The number of allylic oxidation sites excluding steroid dienone is 1. The van der Waals surface area contributed by atoms with E-state index in [4.69, 9.17) is 22.9 Å². The quantitative estimate of drug-likeness (QED) is 0.293. The number of hydrogen-bond donors (Lipinski definition) is 5. The van der Waals surface area contributed by atoms with Crippen LogP contribution in [0.25, 0.3) is 11.3 Å². The Labute approximate surface area is 160 Å². The Balaban J connectivity index is 0.000000275. The van der Waals surface area contributed by atoms with Crippen LogP contribution in [-0.2, 0) is 4.79 Å². The number of rotatable bonds is 5. The molecule has 1 amide bonds. The van der Waals surface area contributed by atoms with Gasteiger partial charge in [-0.25, -0.2) is 4.98 Å². The first-order valence-electron chi connectivity index (χ1n) is 6.94. The third-order valence-corrected chi connectivity index (χ3v) is 4.31. The second-order valence-corrected chi connectivity index (χ2v) is 6.77. The van der Waals surface area contributed by atoms with Gasteiger partial charge >= 0.3 is 0 Å². The number of anilines is 2. The summed E-state index contributed by atoms with van der Waals surface area (Å²) in [6.07, 6.45) is 1.96. The molecule has 0 unspecified atom stereocenters. The molecule has 7 nitrogen and oxygen atoms in total. The number of amides is 1. The molecule has 10 heteroatoms. The van der Waals surface area contributed by atoms with E-state index in [9.17, 15) is 4.79 Å². The van der Waals surface area contributed by atoms with Gasteiger partial charge in [0.05, 0.1) is 5.57 Å². The minimum atomic E-state index is -0.687. The van der Waals surface area contributed by atoms with Gasteiger partial charge in [-0.15, -0.1) is 0 Å². The molecule has 0 bridgehead atoms. The number of nitrogens with zero attached hydrogens (tertiary/aromatic N) is 1. The second-order valence-electron chi connectivity index (χ2n) is 4.69. The van der Waals surface area contributed by atoms with Crippen LogP contribution >= 0.6 is 35.5 Å². The molecule has 9 N–H and O–H groups in total. The lowest BCUT2D eigenvalue weighted by molar-refractivity contribution is -0.114. The molecule has 0 saturated heterocycles. The summed E-state index contributed by atoms with van der Waals surface area (Å²) in [4.78, 5) is 14.9. The van der Waals surface area contributed by atoms with E-state index >= 15 is 0 Å². The number of primary amides is 1. The van der Waals surface area contributed by atoms with Crippen molar-refractivity contribution in [1.82, 2.24) is 4.98 Å². The zero-order valence-corrected chi connectivity index (χ0v) is 16.2. The van der Waals surface area contributed by atoms with Crippen LogP contribution < -0.4 is 27.7 Å². The van der Waals surface area contributed by atoms with Crippen molar-refractivity contribution in [1.29, 1.82) is 0 Å². The lowest BCUT2D eigenvalue weighted by Gasteiger charge is -2.00. The molecule has 134 valence electrons. The first kappa shape index (κ1) is 20.7. The molecule has 1 aromatic heterocycles. The van der Waals surface area contributed by atoms with E-state index in [0.717, 1.165) is 21.4 Å². The zero-order valence-electron chi connectivity index (χ0n) is 13.8. The average molecular weight is 397 g/mol. The highest BCUT2D eigenvalue weighted by atomic mass is 32.2. The lowest BCUT2D eigenvalue weighted by Crippen LogP contribution is -2.27. The number of hydrogen-bond acceptors (Lipinski definition) is 8. The fourth-order valence-electron chi connectivity index (χ4n) is 1.78. The number of carbonyl (C=O) groups excluding carboxylic acids is 1. The largest absolute Gasteiger partial charge is 0.402 e. The summed E-state index contributed by atoms with van der Waals surface area (Å²) >= 11 is 7.49. The minimum absolute atomic E-state index is 0.0370. The molecule has 0 radical (unpaired) electrons. The van der Waals surface area contributed by atoms with E-state index in [0.29, 0.717) is 0 Å². The van der Waals surface area contributed by atoms with Crippen LogP contribution in [0, 0.1) is 0 Å². The molecule has 2 rings (SSSR count). The van der Waals surface area contributed by atoms with Crippen molar-refractivity contribution in [3.05, 3.63) is 41.6 Å². The molecule has 0 fully saturated rings. The predicted octanol–water partition coefficient (Wildman–Crippen LogP) is 2.07. The Bertz CT molecular complexity index is 753. The molecule has 1 aromatic carbocycles. The van der Waals surface area contributed by atoms with Crippen LogP contribution in [0.5, 0.6) is 0 Å². The molecule has 0 spiro atoms. The molecular weight excluding hydrogens is 376 g/mol. The Morgan fingerprint density at radius 2 is 1.84 bits per heavy atom. The standard InChI is InChI=1S/C10H11N3S2.C5H9N3OS/c1-14-13-10-12-8(9(11)15-10)7-5-3-2-4-6-7;1-2(6)3(4(7)9)5(8)10/h2-6H,11H2,1H3,(H,12,13);6H2,1H3,(H2,7,9)(H2,8,10)/b;3-2-. The summed E-state index contributed by atoms with van der Waals surface area (Å²) in [5.41, 5.74) is 23.4. The Morgan fingerprint density at radius 3 is 2.24 bits per heavy atom. The van der Waals surface area contributed by atoms with Crippen molar-refractivity contribution < 1.29 is 4.79 Å². The number of nitrogens with two attached hydrogens (primary N) is 4. The Morgan fingerprint density at radius 1 is 1.24 bits per heavy atom. The average Bonchev–Trinajstić information content (AvgIpc) is 2.88. The molecule has 0 aliphatic carbocycles. The summed E-state index contributed by atoms with van der Waals surface area (Å²) in [5, 5.41) is 1.59. The summed E-state index contributed by atoms with van der Waals surface area (Å²) < 4.78 is 3.08. The number of thiocarbonyl (C=S) groups is 1. The topological polar surface area (TPSA) is 146 Å². The number of benzene rings is 1. The molecule has 0 saturated carbocycles. The molecule has 25 heavy (non-hydrogen) atoms. The molecule has 2 aromatic rings. The van der Waals surface area contributed by atoms with Crippen molar-refractivity contribution >= 4 is 56.5 Å². The summed E-state index contributed by atoms with van der Waals surface area (Å²) in [7, 11) is 0. The molecule has 1 heterocycles. The minimum Gasteiger partial charge on any atom is -0.402 e. The highest BCUT2D eigenvalue weighted by Crippen LogP contribution is 2.33. The van der Waals surface area contributed by atoms with Crippen LogP contribution in [0.2, 0.25) is 0 Å². The van der Waals surface area contributed by atoms with Gasteiger partial charge in [-0.1, -0.05) is 65.8 Å². The number of nitrogens with one attached hydrogen (secondary N) is 1. The molecule has 0 aliphatic rings. The van der Waals surface area contributed by atoms with Crippen LogP contribution in [-0.4, -0.2) is 22.1 Å². The van der Waals surface area contributed by atoms with Crippen molar-refractivity contribution in [2.24, 2.45) is 17.2 Å². The number of thiazole rings is 1. The third-order valence-electron chi connectivity index (χ3n) is 2.78. The van der Waals surface area contributed by atoms with Gasteiger partial charge in [-0.05, 0) is 6.92 Å². The monoisotopic (exact) mass is 396 g/mol. The summed E-state index contributed by atoms with van der Waals surface area (Å²) in [6, 6.07) is 9.96. The van der Waals surface area contributed by atoms with E-state index in [1.165, 1.54) is 30.2 Å². The van der Waals surface area contributed by atoms with Crippen LogP contribution in [0.1, 0.15) is 6.92 Å². The fourth-order valence-corrected chi connectivity index (χ4v) is 3.28. The number of carbonyl (C=O) groups is 1. The normalized spacial score (nSPS) is 11.0. The summed E-state index contributed by atoms with van der Waals surface area (Å²) in [6.45, 7) is 1.51. The first-order chi connectivity index (χ1) is 11.8. The van der Waals surface area contributed by atoms with E-state index in [2.05, 4.69) is 21.9 Å². The smallest absolute Gasteiger partial charge is 0.253 e. The molecule has 0 aliphatic heterocycles. The van der Waals surface area contributed by atoms with Crippen molar-refractivity contribution in [2.45, 2.75) is 6.92 Å². The summed E-state index contributed by atoms with van der Waals surface area (Å²) in [5.74, 6) is -0.687. The maximum Gasteiger partial charge on any atom is 0.253 e. The highest BCUT2D eigenvalue weighted by molar-refractivity contribution is 8.00. The van der Waals surface area contributed by atoms with Gasteiger partial charge in [0.2, 0.25) is 0 Å². The van der Waals surface area contributed by atoms with E-state index in [1.807, 2.05) is 36.6 Å². The van der Waals surface area contributed by atoms with Crippen molar-refractivity contribution in [2.75, 3.05) is 16.7 Å². The molecular formula is C15H20N6OS3. The zero-order chi connectivity index (χ0) is 19.0. The SMILES string of the molecule is C/C(N)=C(\C(N)=O)C(N)=S.CSNc1nc(-c2ccccc2)c(N)s1. The predicted molar refractivity (Wildman–Crippen MR) is 112 cm³/mol. The Kier molecular flexibility index (Phi) is 8.19. The van der Waals surface area contributed by atoms with Gasteiger partial charge in [0.1, 0.15) is 15.7 Å². The van der Waals surface area contributed by atoms with Gasteiger partial charge in [0.15, 0.2) is 5.13 Å². The van der Waals surface area contributed by atoms with Crippen molar-refractivity contribution in [3.8, 4) is 11.3 Å². The van der Waals surface area contributed by atoms with Gasteiger partial charge in [0.25, 0.3) is 5.91 Å². The van der Waals surface area contributed by atoms with Gasteiger partial charge in [-0.2, -0.15) is 0 Å². The lowest BCUT2D eigenvalue weighted by atomic mass is 10.2. The molecule has 0 atom stereocenters. The van der Waals surface area contributed by atoms with Crippen molar-refractivity contribution in [3.63, 3.8) is 0 Å². The Hall–Kier alpha value is -2.30. The number of aromatic nitrogens is 1. The van der Waals surface area contributed by atoms with Gasteiger partial charge in [-0.3, -0.25) is 4.79 Å². The van der Waals surface area contributed by atoms with Crippen LogP contribution in [0.15, 0.2) is 41.6 Å². The fraction of sp³-hybridized carbons (Fsp3) is 0.133. The van der Waals surface area contributed by atoms with E-state index in [1.54, 1.807) is 0 Å². The van der Waals surface area contributed by atoms with Gasteiger partial charge in [0, 0.05) is 17.5 Å². The maximum atomic E-state index is 10.5. The van der Waals surface area contributed by atoms with E-state index in [-0.39, 0.29) is 16.3 Å². The maximum absolute atomic E-state index is 10.5. The van der Waals surface area contributed by atoms with Crippen LogP contribution in [0.4, 0.5) is 10.1 Å². The second kappa shape index (κ2) is 9.87. The number of nitrogen functional groups attached to an aromatic ring is 1. The van der Waals surface area contributed by atoms with Crippen LogP contribution in [0.3, 0.4) is 0 Å². The highest BCUT2D eigenvalue weighted by Gasteiger charge is 2.10. The first-order valence-corrected chi connectivity index (χ1v) is 9.39.